The molecule has 3 aromatic heterocycles. The molecular formula is C26H25F2N5O2S. The molecule has 1 amide bonds. The van der Waals surface area contributed by atoms with E-state index in [1.807, 2.05) is 6.07 Å². The fourth-order valence-corrected chi connectivity index (χ4v) is 5.58. The van der Waals surface area contributed by atoms with Gasteiger partial charge in [0.1, 0.15) is 11.5 Å². The Balaban J connectivity index is 1.48. The number of fused-ring (bicyclic) bond motifs is 1. The Bertz CT molecular complexity index is 1430. The van der Waals surface area contributed by atoms with E-state index in [1.54, 1.807) is 29.9 Å². The molecule has 0 spiro atoms. The van der Waals surface area contributed by atoms with Crippen LogP contribution >= 0.6 is 11.3 Å². The molecule has 0 radical (unpaired) electrons. The number of hydrogen-bond donors (Lipinski definition) is 2. The molecule has 0 saturated carbocycles. The summed E-state index contributed by atoms with van der Waals surface area (Å²) >= 11 is 1.29. The third kappa shape index (κ3) is 4.49. The molecule has 1 fully saturated rings. The summed E-state index contributed by atoms with van der Waals surface area (Å²) in [6.07, 6.45) is 4.22. The molecule has 1 saturated heterocycles. The van der Waals surface area contributed by atoms with Gasteiger partial charge in [0.05, 0.1) is 40.5 Å². The molecule has 4 heterocycles. The van der Waals surface area contributed by atoms with Crippen LogP contribution in [0.1, 0.15) is 23.8 Å². The van der Waals surface area contributed by atoms with Crippen molar-refractivity contribution in [2.45, 2.75) is 19.4 Å². The van der Waals surface area contributed by atoms with Crippen LogP contribution in [0.3, 0.4) is 0 Å². The molecule has 0 aliphatic carbocycles. The lowest BCUT2D eigenvalue weighted by Gasteiger charge is -2.37. The number of piperidine rings is 1. The van der Waals surface area contributed by atoms with Crippen molar-refractivity contribution in [2.75, 3.05) is 30.4 Å². The number of rotatable bonds is 5. The quantitative estimate of drug-likeness (QED) is 0.390. The van der Waals surface area contributed by atoms with E-state index in [-0.39, 0.29) is 28.6 Å². The predicted molar refractivity (Wildman–Crippen MR) is 138 cm³/mol. The van der Waals surface area contributed by atoms with Crippen molar-refractivity contribution in [3.8, 4) is 16.9 Å². The van der Waals surface area contributed by atoms with Crippen molar-refractivity contribution in [1.29, 1.82) is 0 Å². The Morgan fingerprint density at radius 3 is 2.83 bits per heavy atom. The SMILES string of the molecule is COc1ccc(F)c(-c2csc3ccc(C(=O)Nc4cnccc4N4CC(C)CC(N)C4)nc23)c1F. The van der Waals surface area contributed by atoms with E-state index in [0.29, 0.717) is 28.4 Å². The van der Waals surface area contributed by atoms with Crippen LogP contribution in [0.15, 0.2) is 48.1 Å². The number of nitrogens with zero attached hydrogens (tertiary/aromatic N) is 3. The summed E-state index contributed by atoms with van der Waals surface area (Å²) in [6.45, 7) is 3.65. The first-order chi connectivity index (χ1) is 17.4. The number of thiophene rings is 1. The first kappa shape index (κ1) is 24.1. The number of pyridine rings is 2. The van der Waals surface area contributed by atoms with Crippen LogP contribution in [-0.4, -0.2) is 42.1 Å². The smallest absolute Gasteiger partial charge is 0.274 e. The zero-order valence-electron chi connectivity index (χ0n) is 19.8. The van der Waals surface area contributed by atoms with Gasteiger partial charge in [-0.05, 0) is 42.7 Å². The molecule has 5 rings (SSSR count). The number of carbonyl (C=O) groups is 1. The Morgan fingerprint density at radius 1 is 1.22 bits per heavy atom. The second-order valence-corrected chi connectivity index (χ2v) is 9.90. The Hall–Kier alpha value is -3.63. The van der Waals surface area contributed by atoms with E-state index in [4.69, 9.17) is 10.5 Å². The predicted octanol–water partition coefficient (Wildman–Crippen LogP) is 5.07. The maximum atomic E-state index is 15.0. The van der Waals surface area contributed by atoms with Gasteiger partial charge in [-0.2, -0.15) is 0 Å². The number of halogens is 2. The lowest BCUT2D eigenvalue weighted by atomic mass is 9.96. The van der Waals surface area contributed by atoms with Gasteiger partial charge >= 0.3 is 0 Å². The van der Waals surface area contributed by atoms with E-state index in [0.717, 1.165) is 24.7 Å². The van der Waals surface area contributed by atoms with Crippen molar-refractivity contribution in [3.63, 3.8) is 0 Å². The lowest BCUT2D eigenvalue weighted by molar-refractivity contribution is 0.102. The van der Waals surface area contributed by atoms with E-state index in [2.05, 4.69) is 27.1 Å². The van der Waals surface area contributed by atoms with Crippen LogP contribution in [0, 0.1) is 17.6 Å². The molecule has 1 aliphatic rings. The average Bonchev–Trinajstić information content (AvgIpc) is 3.27. The van der Waals surface area contributed by atoms with E-state index < -0.39 is 17.5 Å². The topological polar surface area (TPSA) is 93.4 Å². The minimum atomic E-state index is -0.817. The third-order valence-electron chi connectivity index (χ3n) is 6.27. The first-order valence-corrected chi connectivity index (χ1v) is 12.4. The number of carbonyl (C=O) groups excluding carboxylic acids is 1. The van der Waals surface area contributed by atoms with Gasteiger partial charge in [-0.1, -0.05) is 6.92 Å². The minimum absolute atomic E-state index is 0.0453. The minimum Gasteiger partial charge on any atom is -0.494 e. The molecular weight excluding hydrogens is 484 g/mol. The van der Waals surface area contributed by atoms with Crippen LogP contribution < -0.4 is 20.7 Å². The van der Waals surface area contributed by atoms with Crippen LogP contribution in [-0.2, 0) is 0 Å². The Kier molecular flexibility index (Phi) is 6.55. The molecule has 3 N–H and O–H groups in total. The highest BCUT2D eigenvalue weighted by Gasteiger charge is 2.25. The average molecular weight is 510 g/mol. The van der Waals surface area contributed by atoms with Crippen LogP contribution in [0.2, 0.25) is 0 Å². The Morgan fingerprint density at radius 2 is 2.06 bits per heavy atom. The zero-order chi connectivity index (χ0) is 25.4. The summed E-state index contributed by atoms with van der Waals surface area (Å²) in [5.74, 6) is -1.66. The second kappa shape index (κ2) is 9.79. The first-order valence-electron chi connectivity index (χ1n) is 11.5. The highest BCUT2D eigenvalue weighted by molar-refractivity contribution is 7.17. The molecule has 10 heteroatoms. The number of nitrogens with one attached hydrogen (secondary N) is 1. The normalized spacial score (nSPS) is 17.9. The fraction of sp³-hybridized carbons (Fsp3) is 0.269. The number of methoxy groups -OCH3 is 1. The van der Waals surface area contributed by atoms with Gasteiger partial charge in [0.2, 0.25) is 0 Å². The number of benzene rings is 1. The van der Waals surface area contributed by atoms with Crippen molar-refractivity contribution >= 4 is 38.8 Å². The molecule has 186 valence electrons. The molecule has 1 aromatic carbocycles. The number of ether oxygens (including phenoxy) is 1. The van der Waals surface area contributed by atoms with Gasteiger partial charge < -0.3 is 20.7 Å². The number of amides is 1. The summed E-state index contributed by atoms with van der Waals surface area (Å²) in [5.41, 5.74) is 8.07. The fourth-order valence-electron chi connectivity index (χ4n) is 4.70. The summed E-state index contributed by atoms with van der Waals surface area (Å²) < 4.78 is 35.3. The van der Waals surface area contributed by atoms with Crippen LogP contribution in [0.25, 0.3) is 21.3 Å². The van der Waals surface area contributed by atoms with Gasteiger partial charge in [-0.15, -0.1) is 11.3 Å². The van der Waals surface area contributed by atoms with E-state index in [9.17, 15) is 13.6 Å². The van der Waals surface area contributed by atoms with Gasteiger partial charge in [0.15, 0.2) is 11.6 Å². The summed E-state index contributed by atoms with van der Waals surface area (Å²) in [4.78, 5) is 24.0. The van der Waals surface area contributed by atoms with E-state index in [1.165, 1.54) is 24.5 Å². The van der Waals surface area contributed by atoms with Gasteiger partial charge in [0, 0.05) is 36.3 Å². The summed E-state index contributed by atoms with van der Waals surface area (Å²) in [5, 5.41) is 4.53. The molecule has 4 aromatic rings. The van der Waals surface area contributed by atoms with Gasteiger partial charge in [-0.25, -0.2) is 13.8 Å². The van der Waals surface area contributed by atoms with Crippen LogP contribution in [0.5, 0.6) is 5.75 Å². The molecule has 36 heavy (non-hydrogen) atoms. The highest BCUT2D eigenvalue weighted by Crippen LogP contribution is 2.38. The molecule has 0 bridgehead atoms. The maximum Gasteiger partial charge on any atom is 0.274 e. The monoisotopic (exact) mass is 509 g/mol. The summed E-state index contributed by atoms with van der Waals surface area (Å²) in [6, 6.07) is 7.58. The number of hydrogen-bond acceptors (Lipinski definition) is 7. The molecule has 2 atom stereocenters. The van der Waals surface area contributed by atoms with Gasteiger partial charge in [-0.3, -0.25) is 9.78 Å². The lowest BCUT2D eigenvalue weighted by Crippen LogP contribution is -2.46. The van der Waals surface area contributed by atoms with Crippen molar-refractivity contribution in [2.24, 2.45) is 11.7 Å². The van der Waals surface area contributed by atoms with Crippen molar-refractivity contribution in [3.05, 3.63) is 65.4 Å². The zero-order valence-corrected chi connectivity index (χ0v) is 20.6. The highest BCUT2D eigenvalue weighted by atomic mass is 32.1. The molecule has 7 nitrogen and oxygen atoms in total. The van der Waals surface area contributed by atoms with Crippen LogP contribution in [0.4, 0.5) is 20.2 Å². The van der Waals surface area contributed by atoms with Gasteiger partial charge in [0.25, 0.3) is 5.91 Å². The third-order valence-corrected chi connectivity index (χ3v) is 7.21. The van der Waals surface area contributed by atoms with E-state index >= 15 is 0 Å². The number of nitrogens with two attached hydrogens (primary N) is 1. The second-order valence-electron chi connectivity index (χ2n) is 8.98. The largest absolute Gasteiger partial charge is 0.494 e. The molecule has 2 unspecified atom stereocenters. The standard InChI is InChI=1S/C26H25F2N5O2S/c1-14-9-15(29)12-33(11-14)20-7-8-30-10-19(20)32-26(34)18-4-6-22-25(31-18)16(13-36-22)23-17(27)3-5-21(35-2)24(23)28/h3-8,10,13-15H,9,11-12,29H2,1-2H3,(H,32,34). The maximum absolute atomic E-state index is 15.0. The van der Waals surface area contributed by atoms with Crippen molar-refractivity contribution < 1.29 is 18.3 Å². The molecule has 1 aliphatic heterocycles. The summed E-state index contributed by atoms with van der Waals surface area (Å²) in [7, 11) is 1.32. The number of anilines is 2. The number of aromatic nitrogens is 2. The van der Waals surface area contributed by atoms with Crippen molar-refractivity contribution in [1.82, 2.24) is 9.97 Å². The Labute approximate surface area is 210 Å².